The first-order valence-corrected chi connectivity index (χ1v) is 7.45. The molecule has 0 unspecified atom stereocenters. The summed E-state index contributed by atoms with van der Waals surface area (Å²) in [5.41, 5.74) is 3.44. The first-order chi connectivity index (χ1) is 11.4. The van der Waals surface area contributed by atoms with Crippen LogP contribution in [0, 0.1) is 6.92 Å². The summed E-state index contributed by atoms with van der Waals surface area (Å²) in [6, 6.07) is 3.24. The summed E-state index contributed by atoms with van der Waals surface area (Å²) in [5, 5.41) is 6.69. The van der Waals surface area contributed by atoms with E-state index in [1.165, 1.54) is 7.11 Å². The van der Waals surface area contributed by atoms with Crippen molar-refractivity contribution in [2.24, 2.45) is 5.10 Å². The molecule has 0 bridgehead atoms. The van der Waals surface area contributed by atoms with Crippen molar-refractivity contribution in [1.29, 1.82) is 0 Å². The van der Waals surface area contributed by atoms with E-state index in [0.29, 0.717) is 16.5 Å². The Labute approximate surface area is 143 Å². The number of carbonyl (C=O) groups excluding carboxylic acids is 3. The van der Waals surface area contributed by atoms with Crippen molar-refractivity contribution in [3.05, 3.63) is 22.7 Å². The van der Waals surface area contributed by atoms with Crippen LogP contribution in [0.2, 0.25) is 5.02 Å². The van der Waals surface area contributed by atoms with Crippen LogP contribution in [0.15, 0.2) is 17.2 Å². The van der Waals surface area contributed by atoms with Crippen molar-refractivity contribution in [2.75, 3.05) is 19.0 Å². The van der Waals surface area contributed by atoms with Crippen molar-refractivity contribution in [3.63, 3.8) is 0 Å². The monoisotopic (exact) mass is 353 g/mol. The molecule has 8 nitrogen and oxygen atoms in total. The van der Waals surface area contributed by atoms with Gasteiger partial charge in [0, 0.05) is 23.9 Å². The van der Waals surface area contributed by atoms with E-state index in [0.717, 1.165) is 5.56 Å². The molecule has 24 heavy (non-hydrogen) atoms. The third-order valence-electron chi connectivity index (χ3n) is 3.23. The molecule has 0 fully saturated rings. The van der Waals surface area contributed by atoms with Gasteiger partial charge in [-0.3, -0.25) is 9.59 Å². The Hall–Kier alpha value is -2.61. The molecule has 0 aromatic heterocycles. The molecule has 1 heterocycles. The minimum Gasteiger partial charge on any atom is -0.495 e. The molecule has 0 spiro atoms. The van der Waals surface area contributed by atoms with Crippen LogP contribution in [0.5, 0.6) is 5.75 Å². The number of aryl methyl sites for hydroxylation is 1. The number of amides is 2. The Morgan fingerprint density at radius 2 is 2.12 bits per heavy atom. The Morgan fingerprint density at radius 3 is 2.75 bits per heavy atom. The van der Waals surface area contributed by atoms with Gasteiger partial charge in [0.15, 0.2) is 6.61 Å². The number of hydrogen-bond donors (Lipinski definition) is 2. The molecule has 0 saturated heterocycles. The maximum atomic E-state index is 11.9. The number of methoxy groups -OCH3 is 1. The van der Waals surface area contributed by atoms with Gasteiger partial charge in [-0.15, -0.1) is 0 Å². The van der Waals surface area contributed by atoms with E-state index in [1.54, 1.807) is 19.1 Å². The highest BCUT2D eigenvalue weighted by atomic mass is 35.5. The molecule has 2 amide bonds. The Balaban J connectivity index is 1.93. The maximum Gasteiger partial charge on any atom is 0.355 e. The van der Waals surface area contributed by atoms with Gasteiger partial charge in [-0.25, -0.2) is 10.2 Å². The number of halogens is 1. The van der Waals surface area contributed by atoms with Crippen molar-refractivity contribution < 1.29 is 23.9 Å². The molecular weight excluding hydrogens is 338 g/mol. The fraction of sp³-hybridized carbons (Fsp3) is 0.333. The lowest BCUT2D eigenvalue weighted by Crippen LogP contribution is -2.32. The van der Waals surface area contributed by atoms with Crippen LogP contribution in [0.25, 0.3) is 0 Å². The number of ether oxygens (including phenoxy) is 2. The zero-order valence-corrected chi connectivity index (χ0v) is 13.9. The lowest BCUT2D eigenvalue weighted by Gasteiger charge is -2.13. The molecule has 1 aliphatic heterocycles. The zero-order chi connectivity index (χ0) is 17.7. The molecular formula is C15H16ClN3O5. The number of nitrogens with one attached hydrogen (secondary N) is 2. The fourth-order valence-electron chi connectivity index (χ4n) is 1.95. The van der Waals surface area contributed by atoms with Crippen molar-refractivity contribution in [3.8, 4) is 5.75 Å². The number of hydrazone groups is 1. The van der Waals surface area contributed by atoms with Gasteiger partial charge in [-0.2, -0.15) is 5.10 Å². The summed E-state index contributed by atoms with van der Waals surface area (Å²) in [5.74, 6) is -1.16. The van der Waals surface area contributed by atoms with Crippen LogP contribution in [0.4, 0.5) is 5.69 Å². The van der Waals surface area contributed by atoms with Crippen LogP contribution < -0.4 is 15.5 Å². The summed E-state index contributed by atoms with van der Waals surface area (Å²) in [6.45, 7) is 1.30. The Morgan fingerprint density at radius 1 is 1.38 bits per heavy atom. The molecule has 128 valence electrons. The second kappa shape index (κ2) is 7.78. The molecule has 1 aliphatic rings. The second-order valence-electron chi connectivity index (χ2n) is 5.02. The van der Waals surface area contributed by atoms with Gasteiger partial charge in [0.2, 0.25) is 5.91 Å². The number of hydrogen-bond acceptors (Lipinski definition) is 6. The standard InChI is InChI=1S/C15H16ClN3O5/c1-8-5-11(12(23-2)6-9(8)16)17-14(21)7-24-15(22)10-3-4-13(20)19-18-10/h5-6H,3-4,7H2,1-2H3,(H,17,21)(H,19,20). The lowest BCUT2D eigenvalue weighted by molar-refractivity contribution is -0.140. The van der Waals surface area contributed by atoms with Gasteiger partial charge in [0.1, 0.15) is 11.5 Å². The number of anilines is 1. The topological polar surface area (TPSA) is 106 Å². The molecule has 0 radical (unpaired) electrons. The average molecular weight is 354 g/mol. The smallest absolute Gasteiger partial charge is 0.355 e. The van der Waals surface area contributed by atoms with Gasteiger partial charge >= 0.3 is 5.97 Å². The first-order valence-electron chi connectivity index (χ1n) is 7.07. The van der Waals surface area contributed by atoms with Gasteiger partial charge in [-0.1, -0.05) is 11.6 Å². The highest BCUT2D eigenvalue weighted by Gasteiger charge is 2.20. The highest BCUT2D eigenvalue weighted by Crippen LogP contribution is 2.30. The summed E-state index contributed by atoms with van der Waals surface area (Å²) >= 11 is 6.00. The third-order valence-corrected chi connectivity index (χ3v) is 3.64. The van der Waals surface area contributed by atoms with Crippen LogP contribution in [-0.4, -0.2) is 37.2 Å². The SMILES string of the molecule is COc1cc(Cl)c(C)cc1NC(=O)COC(=O)C1=NNC(=O)CC1. The maximum absolute atomic E-state index is 11.9. The van der Waals surface area contributed by atoms with Crippen LogP contribution in [0.1, 0.15) is 18.4 Å². The summed E-state index contributed by atoms with van der Waals surface area (Å²) in [6.07, 6.45) is 0.331. The second-order valence-corrected chi connectivity index (χ2v) is 5.43. The van der Waals surface area contributed by atoms with E-state index >= 15 is 0 Å². The van der Waals surface area contributed by atoms with E-state index in [9.17, 15) is 14.4 Å². The molecule has 0 atom stereocenters. The van der Waals surface area contributed by atoms with Crippen LogP contribution in [0.3, 0.4) is 0 Å². The van der Waals surface area contributed by atoms with E-state index in [4.69, 9.17) is 21.1 Å². The summed E-state index contributed by atoms with van der Waals surface area (Å²) in [7, 11) is 1.45. The number of esters is 1. The molecule has 9 heteroatoms. The average Bonchev–Trinajstić information content (AvgIpc) is 2.56. The predicted molar refractivity (Wildman–Crippen MR) is 87.1 cm³/mol. The van der Waals surface area contributed by atoms with E-state index < -0.39 is 18.5 Å². The summed E-state index contributed by atoms with van der Waals surface area (Å²) in [4.78, 5) is 34.6. The number of nitrogens with zero attached hydrogens (tertiary/aromatic N) is 1. The normalized spacial score (nSPS) is 13.6. The number of benzene rings is 1. The van der Waals surface area contributed by atoms with Gasteiger partial charge < -0.3 is 14.8 Å². The Kier molecular flexibility index (Phi) is 5.75. The van der Waals surface area contributed by atoms with E-state index in [2.05, 4.69) is 15.8 Å². The number of carbonyl (C=O) groups is 3. The minimum atomic E-state index is -0.746. The summed E-state index contributed by atoms with van der Waals surface area (Å²) < 4.78 is 10.0. The molecule has 2 N–H and O–H groups in total. The third kappa shape index (κ3) is 4.45. The van der Waals surface area contributed by atoms with Gasteiger partial charge in [0.25, 0.3) is 5.91 Å². The van der Waals surface area contributed by atoms with Crippen molar-refractivity contribution >= 4 is 40.8 Å². The molecule has 1 aromatic rings. The molecule has 2 rings (SSSR count). The van der Waals surface area contributed by atoms with E-state index in [1.807, 2.05) is 0 Å². The minimum absolute atomic E-state index is 0.0716. The van der Waals surface area contributed by atoms with Gasteiger partial charge in [0.05, 0.1) is 12.8 Å². The van der Waals surface area contributed by atoms with Crippen molar-refractivity contribution in [2.45, 2.75) is 19.8 Å². The van der Waals surface area contributed by atoms with Crippen LogP contribution >= 0.6 is 11.6 Å². The fourth-order valence-corrected chi connectivity index (χ4v) is 2.11. The predicted octanol–water partition coefficient (Wildman–Crippen LogP) is 1.40. The molecule has 0 saturated carbocycles. The Bertz CT molecular complexity index is 717. The van der Waals surface area contributed by atoms with E-state index in [-0.39, 0.29) is 24.5 Å². The molecule has 0 aliphatic carbocycles. The largest absolute Gasteiger partial charge is 0.495 e. The van der Waals surface area contributed by atoms with Crippen molar-refractivity contribution in [1.82, 2.24) is 5.43 Å². The zero-order valence-electron chi connectivity index (χ0n) is 13.1. The van der Waals surface area contributed by atoms with Crippen LogP contribution in [-0.2, 0) is 19.1 Å². The number of rotatable bonds is 5. The lowest BCUT2D eigenvalue weighted by atomic mass is 10.2. The molecule has 1 aromatic carbocycles. The first kappa shape index (κ1) is 17.7. The highest BCUT2D eigenvalue weighted by molar-refractivity contribution is 6.37. The van der Waals surface area contributed by atoms with Gasteiger partial charge in [-0.05, 0) is 18.6 Å². The quantitative estimate of drug-likeness (QED) is 0.778.